The molecule has 1 heterocycles. The smallest absolute Gasteiger partial charge is 0.227 e. The number of amides is 1. The number of ether oxygens (including phenoxy) is 1. The van der Waals surface area contributed by atoms with Crippen molar-refractivity contribution in [3.8, 4) is 22.9 Å². The number of aliphatic hydroxyl groups is 1. The summed E-state index contributed by atoms with van der Waals surface area (Å²) in [4.78, 5) is 14.3. The molecule has 2 aliphatic rings. The Morgan fingerprint density at radius 1 is 1.21 bits per heavy atom. The van der Waals surface area contributed by atoms with Gasteiger partial charge in [-0.25, -0.2) is 0 Å². The minimum absolute atomic E-state index is 0.0266. The first-order chi connectivity index (χ1) is 13.7. The highest BCUT2D eigenvalue weighted by molar-refractivity contribution is 5.82. The average molecular weight is 376 g/mol. The van der Waals surface area contributed by atoms with E-state index < -0.39 is 6.04 Å². The van der Waals surface area contributed by atoms with Crippen LogP contribution in [0.3, 0.4) is 0 Å². The van der Waals surface area contributed by atoms with E-state index >= 15 is 0 Å². The van der Waals surface area contributed by atoms with Crippen molar-refractivity contribution in [2.45, 2.75) is 37.3 Å². The lowest BCUT2D eigenvalue weighted by Crippen LogP contribution is -2.66. The van der Waals surface area contributed by atoms with Crippen LogP contribution in [-0.2, 0) is 4.79 Å². The molecular formula is C23H24N2O3. The SMILES string of the molecule is COc1ccccc1-c1ccc([C@@H]2[C@H](C#N)N(C(=O)C3CCC3)[C@H]2CO)cc1. The van der Waals surface area contributed by atoms with Gasteiger partial charge in [0.1, 0.15) is 11.8 Å². The van der Waals surface area contributed by atoms with Crippen LogP contribution in [-0.4, -0.2) is 41.7 Å². The predicted octanol–water partition coefficient (Wildman–Crippen LogP) is 3.34. The number of hydrogen-bond acceptors (Lipinski definition) is 4. The van der Waals surface area contributed by atoms with Crippen molar-refractivity contribution in [2.24, 2.45) is 5.92 Å². The lowest BCUT2D eigenvalue weighted by molar-refractivity contribution is -0.154. The Bertz CT molecular complexity index is 899. The third kappa shape index (κ3) is 2.94. The summed E-state index contributed by atoms with van der Waals surface area (Å²) in [6.45, 7) is -0.129. The molecule has 1 saturated carbocycles. The molecule has 0 radical (unpaired) electrons. The van der Waals surface area contributed by atoms with E-state index in [1.807, 2.05) is 48.5 Å². The molecule has 1 aliphatic carbocycles. The number of benzene rings is 2. The van der Waals surface area contributed by atoms with Crippen LogP contribution in [0.25, 0.3) is 11.1 Å². The Labute approximate surface area is 165 Å². The van der Waals surface area contributed by atoms with Gasteiger partial charge in [0.25, 0.3) is 0 Å². The molecule has 3 atom stereocenters. The normalized spacial score (nSPS) is 24.0. The predicted molar refractivity (Wildman–Crippen MR) is 106 cm³/mol. The van der Waals surface area contributed by atoms with Crippen LogP contribution in [0.2, 0.25) is 0 Å². The van der Waals surface area contributed by atoms with Crippen LogP contribution in [0.1, 0.15) is 30.7 Å². The zero-order chi connectivity index (χ0) is 19.7. The van der Waals surface area contributed by atoms with Crippen LogP contribution in [0, 0.1) is 17.2 Å². The summed E-state index contributed by atoms with van der Waals surface area (Å²) >= 11 is 0. The van der Waals surface area contributed by atoms with Crippen LogP contribution in [0.15, 0.2) is 48.5 Å². The number of hydrogen-bond donors (Lipinski definition) is 1. The van der Waals surface area contributed by atoms with Crippen LogP contribution < -0.4 is 4.74 Å². The molecule has 1 amide bonds. The van der Waals surface area contributed by atoms with Gasteiger partial charge in [0.2, 0.25) is 5.91 Å². The highest BCUT2D eigenvalue weighted by atomic mass is 16.5. The van der Waals surface area contributed by atoms with Gasteiger partial charge in [0.15, 0.2) is 0 Å². The Morgan fingerprint density at radius 2 is 1.93 bits per heavy atom. The molecule has 0 aromatic heterocycles. The van der Waals surface area contributed by atoms with Gasteiger partial charge in [-0.2, -0.15) is 5.26 Å². The third-order valence-corrected chi connectivity index (χ3v) is 6.15. The molecule has 5 heteroatoms. The summed E-state index contributed by atoms with van der Waals surface area (Å²) in [7, 11) is 1.65. The topological polar surface area (TPSA) is 73.6 Å². The fraction of sp³-hybridized carbons (Fsp3) is 0.391. The van der Waals surface area contributed by atoms with E-state index in [1.54, 1.807) is 12.0 Å². The average Bonchev–Trinajstić information content (AvgIpc) is 2.67. The molecule has 4 rings (SSSR count). The number of carbonyl (C=O) groups excluding carboxylic acids is 1. The molecule has 2 fully saturated rings. The molecule has 2 aromatic rings. The molecule has 1 N–H and O–H groups in total. The number of para-hydroxylation sites is 1. The molecular weight excluding hydrogens is 352 g/mol. The minimum atomic E-state index is -0.512. The van der Waals surface area contributed by atoms with E-state index in [1.165, 1.54) is 0 Å². The van der Waals surface area contributed by atoms with Crippen molar-refractivity contribution >= 4 is 5.91 Å². The molecule has 5 nitrogen and oxygen atoms in total. The summed E-state index contributed by atoms with van der Waals surface area (Å²) in [6.07, 6.45) is 2.85. The second-order valence-electron chi connectivity index (χ2n) is 7.55. The molecule has 0 spiro atoms. The maximum absolute atomic E-state index is 12.7. The first kappa shape index (κ1) is 18.5. The largest absolute Gasteiger partial charge is 0.496 e. The van der Waals surface area contributed by atoms with Gasteiger partial charge in [-0.3, -0.25) is 4.79 Å². The summed E-state index contributed by atoms with van der Waals surface area (Å²) < 4.78 is 5.44. The van der Waals surface area contributed by atoms with E-state index in [4.69, 9.17) is 4.74 Å². The fourth-order valence-corrected chi connectivity index (χ4v) is 4.34. The van der Waals surface area contributed by atoms with Crippen molar-refractivity contribution in [1.29, 1.82) is 5.26 Å². The van der Waals surface area contributed by atoms with Gasteiger partial charge in [-0.1, -0.05) is 48.9 Å². The molecule has 0 bridgehead atoms. The molecule has 0 unspecified atom stereocenters. The van der Waals surface area contributed by atoms with Crippen LogP contribution in [0.5, 0.6) is 5.75 Å². The Kier molecular flexibility index (Phi) is 5.06. The Morgan fingerprint density at radius 3 is 2.50 bits per heavy atom. The summed E-state index contributed by atoms with van der Waals surface area (Å²) in [5.41, 5.74) is 3.00. The second kappa shape index (κ2) is 7.65. The summed E-state index contributed by atoms with van der Waals surface area (Å²) in [6, 6.07) is 17.3. The van der Waals surface area contributed by atoms with Crippen molar-refractivity contribution in [3.05, 3.63) is 54.1 Å². The van der Waals surface area contributed by atoms with Gasteiger partial charge < -0.3 is 14.7 Å². The molecule has 1 saturated heterocycles. The van der Waals surface area contributed by atoms with E-state index in [0.717, 1.165) is 41.7 Å². The number of likely N-dealkylation sites (tertiary alicyclic amines) is 1. The third-order valence-electron chi connectivity index (χ3n) is 6.15. The summed E-state index contributed by atoms with van der Waals surface area (Å²) in [5, 5.41) is 19.6. The van der Waals surface area contributed by atoms with E-state index in [2.05, 4.69) is 6.07 Å². The van der Waals surface area contributed by atoms with Gasteiger partial charge in [0.05, 0.1) is 25.8 Å². The minimum Gasteiger partial charge on any atom is -0.496 e. The maximum atomic E-state index is 12.7. The number of carbonyl (C=O) groups is 1. The molecule has 28 heavy (non-hydrogen) atoms. The number of rotatable bonds is 5. The second-order valence-corrected chi connectivity index (χ2v) is 7.55. The lowest BCUT2D eigenvalue weighted by Gasteiger charge is -2.53. The van der Waals surface area contributed by atoms with Crippen LogP contribution in [0.4, 0.5) is 0 Å². The zero-order valence-corrected chi connectivity index (χ0v) is 15.9. The monoisotopic (exact) mass is 376 g/mol. The molecule has 2 aromatic carbocycles. The molecule has 144 valence electrons. The molecule has 1 aliphatic heterocycles. The number of nitrogens with zero attached hydrogens (tertiary/aromatic N) is 2. The van der Waals surface area contributed by atoms with E-state index in [-0.39, 0.29) is 30.4 Å². The van der Waals surface area contributed by atoms with Crippen molar-refractivity contribution in [3.63, 3.8) is 0 Å². The number of nitriles is 1. The van der Waals surface area contributed by atoms with E-state index in [9.17, 15) is 15.2 Å². The van der Waals surface area contributed by atoms with Crippen molar-refractivity contribution in [2.75, 3.05) is 13.7 Å². The highest BCUT2D eigenvalue weighted by Crippen LogP contribution is 2.44. The number of methoxy groups -OCH3 is 1. The Hall–Kier alpha value is -2.84. The quantitative estimate of drug-likeness (QED) is 0.869. The first-order valence-electron chi connectivity index (χ1n) is 9.75. The highest BCUT2D eigenvalue weighted by Gasteiger charge is 2.53. The van der Waals surface area contributed by atoms with Crippen LogP contribution >= 0.6 is 0 Å². The maximum Gasteiger partial charge on any atom is 0.227 e. The Balaban J connectivity index is 1.58. The van der Waals surface area contributed by atoms with Gasteiger partial charge in [0, 0.05) is 17.4 Å². The lowest BCUT2D eigenvalue weighted by atomic mass is 9.73. The van der Waals surface area contributed by atoms with Gasteiger partial charge in [-0.05, 0) is 30.0 Å². The summed E-state index contributed by atoms with van der Waals surface area (Å²) in [5.74, 6) is 0.697. The first-order valence-corrected chi connectivity index (χ1v) is 9.75. The van der Waals surface area contributed by atoms with Gasteiger partial charge >= 0.3 is 0 Å². The van der Waals surface area contributed by atoms with Crippen molar-refractivity contribution < 1.29 is 14.6 Å². The zero-order valence-electron chi connectivity index (χ0n) is 15.9. The van der Waals surface area contributed by atoms with E-state index in [0.29, 0.717) is 0 Å². The van der Waals surface area contributed by atoms with Gasteiger partial charge in [-0.15, -0.1) is 0 Å². The standard InChI is InChI=1S/C23H24N2O3/c1-28-21-8-3-2-7-18(21)15-9-11-16(12-10-15)22-19(13-24)25(20(22)14-26)23(27)17-5-4-6-17/h2-3,7-12,17,19-20,22,26H,4-6,14H2,1H3/t19-,20-,22+/m0/s1. The fourth-order valence-electron chi connectivity index (χ4n) is 4.34. The number of aliphatic hydroxyl groups excluding tert-OH is 1. The van der Waals surface area contributed by atoms with Crippen molar-refractivity contribution in [1.82, 2.24) is 4.90 Å².